The second-order valence-electron chi connectivity index (χ2n) is 7.60. The van der Waals surface area contributed by atoms with Gasteiger partial charge in [-0.05, 0) is 83.2 Å². The number of aromatic nitrogens is 6. The molecule has 168 valence electrons. The van der Waals surface area contributed by atoms with Gasteiger partial charge in [0.2, 0.25) is 0 Å². The second kappa shape index (κ2) is 9.71. The summed E-state index contributed by atoms with van der Waals surface area (Å²) in [6, 6.07) is 0. The van der Waals surface area contributed by atoms with E-state index in [2.05, 4.69) is 58.2 Å². The lowest BCUT2D eigenvalue weighted by Gasteiger charge is -2.07. The van der Waals surface area contributed by atoms with E-state index >= 15 is 0 Å². The van der Waals surface area contributed by atoms with Gasteiger partial charge in [0.1, 0.15) is 27.8 Å². The van der Waals surface area contributed by atoms with Crippen molar-refractivity contribution < 1.29 is 0 Å². The number of azo groups is 2. The van der Waals surface area contributed by atoms with Crippen molar-refractivity contribution in [2.45, 2.75) is 55.4 Å². The van der Waals surface area contributed by atoms with E-state index < -0.39 is 0 Å². The number of benzene rings is 2. The zero-order chi connectivity index (χ0) is 23.4. The van der Waals surface area contributed by atoms with Crippen LogP contribution in [0.4, 0.5) is 11.4 Å². The Morgan fingerprint density at radius 2 is 0.906 bits per heavy atom. The molecule has 0 fully saturated rings. The summed E-state index contributed by atoms with van der Waals surface area (Å²) < 4.78 is 0. The summed E-state index contributed by atoms with van der Waals surface area (Å²) in [6.07, 6.45) is 0. The van der Waals surface area contributed by atoms with Gasteiger partial charge in [-0.3, -0.25) is 0 Å². The minimum Gasteiger partial charge on any atom is -0.197 e. The lowest BCUT2D eigenvalue weighted by molar-refractivity contribution is 0.956. The van der Waals surface area contributed by atoms with Crippen LogP contribution in [0.1, 0.15) is 47.2 Å². The molecule has 4 rings (SSSR count). The van der Waals surface area contributed by atoms with Gasteiger partial charge in [0.05, 0.1) is 18.8 Å². The van der Waals surface area contributed by atoms with Gasteiger partial charge in [0, 0.05) is 5.56 Å². The predicted octanol–water partition coefficient (Wildman–Crippen LogP) is 5.97. The molecule has 2 heterocycles. The molecule has 0 bridgehead atoms. The fourth-order valence-electron chi connectivity index (χ4n) is 3.53. The number of aromatic amines is 2. The van der Waals surface area contributed by atoms with Gasteiger partial charge >= 0.3 is 0 Å². The van der Waals surface area contributed by atoms with Crippen LogP contribution in [0, 0.1) is 41.5 Å². The zero-order valence-electron chi connectivity index (χ0n) is 20.0. The van der Waals surface area contributed by atoms with Crippen LogP contribution in [-0.2, 0) is 0 Å². The van der Waals surface area contributed by atoms with Crippen LogP contribution in [0.15, 0.2) is 20.5 Å². The molecule has 0 aliphatic carbocycles. The van der Waals surface area contributed by atoms with Crippen molar-refractivity contribution in [1.29, 1.82) is 0 Å². The first-order valence-electron chi connectivity index (χ1n) is 10.7. The first-order valence-corrected chi connectivity index (χ1v) is 10.7. The topological polar surface area (TPSA) is 133 Å². The average molecular weight is 435 g/mol. The maximum atomic E-state index is 4.26. The van der Waals surface area contributed by atoms with Crippen LogP contribution in [-0.4, -0.2) is 43.9 Å². The number of aryl methyl sites for hydroxylation is 3. The average Bonchev–Trinajstić information content (AvgIpc) is 3.47. The normalized spacial score (nSPS) is 11.8. The van der Waals surface area contributed by atoms with Crippen LogP contribution in [0.5, 0.6) is 0 Å². The molecular weight excluding hydrogens is 404 g/mol. The molecule has 0 saturated heterocycles. The summed E-state index contributed by atoms with van der Waals surface area (Å²) in [7, 11) is 0. The van der Waals surface area contributed by atoms with Crippen molar-refractivity contribution in [1.82, 2.24) is 30.8 Å². The third-order valence-electron chi connectivity index (χ3n) is 5.76. The Labute approximate surface area is 187 Å². The van der Waals surface area contributed by atoms with Crippen molar-refractivity contribution in [2.24, 2.45) is 20.5 Å². The Morgan fingerprint density at radius 1 is 0.500 bits per heavy atom. The van der Waals surface area contributed by atoms with Crippen LogP contribution in [0.3, 0.4) is 0 Å². The van der Waals surface area contributed by atoms with Crippen LogP contribution in [0.25, 0.3) is 22.1 Å². The number of fused-ring (bicyclic) bond motifs is 2. The third kappa shape index (κ3) is 4.12. The molecule has 10 nitrogen and oxygen atoms in total. The van der Waals surface area contributed by atoms with Crippen molar-refractivity contribution in [3.05, 3.63) is 33.4 Å². The Kier molecular flexibility index (Phi) is 7.01. The monoisotopic (exact) mass is 434 g/mol. The van der Waals surface area contributed by atoms with Crippen molar-refractivity contribution in [3.8, 4) is 0 Å². The number of nitrogens with one attached hydrogen (secondary N) is 2. The fraction of sp³-hybridized carbons (Fsp3) is 0.455. The molecule has 0 radical (unpaired) electrons. The van der Waals surface area contributed by atoms with E-state index in [4.69, 9.17) is 0 Å². The highest BCUT2D eigenvalue weighted by Gasteiger charge is 2.15. The van der Waals surface area contributed by atoms with Crippen LogP contribution < -0.4 is 0 Å². The molecular formula is C22H30N10. The van der Waals surface area contributed by atoms with E-state index in [0.29, 0.717) is 13.1 Å². The van der Waals surface area contributed by atoms with E-state index in [1.54, 1.807) is 0 Å². The molecule has 32 heavy (non-hydrogen) atoms. The Morgan fingerprint density at radius 3 is 1.47 bits per heavy atom. The van der Waals surface area contributed by atoms with Crippen molar-refractivity contribution >= 4 is 33.4 Å². The zero-order valence-corrected chi connectivity index (χ0v) is 20.0. The van der Waals surface area contributed by atoms with Gasteiger partial charge in [-0.15, -0.1) is 0 Å². The number of hydrogen-bond donors (Lipinski definition) is 2. The maximum Gasteiger partial charge on any atom is 0.141 e. The van der Waals surface area contributed by atoms with E-state index in [-0.39, 0.29) is 0 Å². The quantitative estimate of drug-likeness (QED) is 0.382. The molecule has 2 N–H and O–H groups in total. The summed E-state index contributed by atoms with van der Waals surface area (Å²) in [4.78, 5) is 0. The lowest BCUT2D eigenvalue weighted by atomic mass is 10.0. The van der Waals surface area contributed by atoms with E-state index in [0.717, 1.165) is 61.3 Å². The summed E-state index contributed by atoms with van der Waals surface area (Å²) >= 11 is 0. The lowest BCUT2D eigenvalue weighted by Crippen LogP contribution is -1.90. The summed E-state index contributed by atoms with van der Waals surface area (Å²) in [6.45, 7) is 17.5. The molecule has 0 aliphatic heterocycles. The van der Waals surface area contributed by atoms with E-state index in [1.807, 2.05) is 48.5 Å². The van der Waals surface area contributed by atoms with Gasteiger partial charge in [-0.25, -0.2) is 0 Å². The maximum absolute atomic E-state index is 4.26. The van der Waals surface area contributed by atoms with Gasteiger partial charge in [-0.2, -0.15) is 51.3 Å². The SMILES string of the molecule is CCN=Nc1c(C)c(C)c(C)c2n[nH]nc12.CCN=Nc1c(C)c(C)c2n[nH]nc2c1C. The molecule has 4 aromatic rings. The van der Waals surface area contributed by atoms with E-state index in [1.165, 1.54) is 5.56 Å². The van der Waals surface area contributed by atoms with E-state index in [9.17, 15) is 0 Å². The summed E-state index contributed by atoms with van der Waals surface area (Å²) in [5, 5.41) is 38.5. The summed E-state index contributed by atoms with van der Waals surface area (Å²) in [5.74, 6) is 0. The van der Waals surface area contributed by atoms with Gasteiger partial charge in [0.25, 0.3) is 0 Å². The number of hydrogen-bond acceptors (Lipinski definition) is 8. The highest BCUT2D eigenvalue weighted by Crippen LogP contribution is 2.34. The molecule has 2 aromatic carbocycles. The van der Waals surface area contributed by atoms with Gasteiger partial charge < -0.3 is 0 Å². The second-order valence-corrected chi connectivity index (χ2v) is 7.60. The minimum atomic E-state index is 0.672. The first-order chi connectivity index (χ1) is 15.3. The molecule has 0 atom stereocenters. The molecule has 0 amide bonds. The standard InChI is InChI=1S/2C11H15N5/c1-5-12-13-9-6(2)7(3)10-11(8(9)4)15-16-14-10;1-5-12-13-9-7(3)6(2)8(4)10-11(9)15-16-14-10/h2*5H2,1-4H3,(H,14,15,16). The Bertz CT molecular complexity index is 1310. The molecule has 10 heteroatoms. The van der Waals surface area contributed by atoms with Crippen LogP contribution in [0.2, 0.25) is 0 Å². The molecule has 0 unspecified atom stereocenters. The molecule has 0 spiro atoms. The highest BCUT2D eigenvalue weighted by atomic mass is 15.3. The van der Waals surface area contributed by atoms with Gasteiger partial charge in [0.15, 0.2) is 0 Å². The fourth-order valence-corrected chi connectivity index (χ4v) is 3.53. The van der Waals surface area contributed by atoms with Gasteiger partial charge in [-0.1, -0.05) is 0 Å². The number of nitrogens with zero attached hydrogens (tertiary/aromatic N) is 8. The Balaban J connectivity index is 0.000000181. The van der Waals surface area contributed by atoms with Crippen molar-refractivity contribution in [3.63, 3.8) is 0 Å². The highest BCUT2D eigenvalue weighted by molar-refractivity contribution is 5.91. The first kappa shape index (κ1) is 23.1. The minimum absolute atomic E-state index is 0.672. The largest absolute Gasteiger partial charge is 0.197 e. The summed E-state index contributed by atoms with van der Waals surface area (Å²) in [5.41, 5.74) is 12.0. The molecule has 0 aliphatic rings. The molecule has 0 saturated carbocycles. The third-order valence-corrected chi connectivity index (χ3v) is 5.76. The Hall–Kier alpha value is -3.56. The number of H-pyrrole nitrogens is 2. The van der Waals surface area contributed by atoms with Crippen LogP contribution >= 0.6 is 0 Å². The number of rotatable bonds is 4. The smallest absolute Gasteiger partial charge is 0.141 e. The predicted molar refractivity (Wildman–Crippen MR) is 126 cm³/mol. The molecule has 2 aromatic heterocycles. The van der Waals surface area contributed by atoms with Crippen molar-refractivity contribution in [2.75, 3.05) is 13.1 Å².